The number of amides is 2. The van der Waals surface area contributed by atoms with Crippen molar-refractivity contribution in [2.75, 3.05) is 29.9 Å². The first-order valence-electron chi connectivity index (χ1n) is 18.1. The van der Waals surface area contributed by atoms with E-state index in [1.807, 2.05) is 85.9 Å². The second kappa shape index (κ2) is 14.9. The Morgan fingerprint density at radius 1 is 1.17 bits per heavy atom. The van der Waals surface area contributed by atoms with Crippen LogP contribution in [0.1, 0.15) is 54.5 Å². The van der Waals surface area contributed by atoms with Gasteiger partial charge in [-0.1, -0.05) is 70.5 Å². The number of carbonyl (C=O) groups excluding carboxylic acids is 2. The summed E-state index contributed by atoms with van der Waals surface area (Å²) < 4.78 is 25.9. The number of rotatable bonds is 11. The Labute approximate surface area is 313 Å². The number of ether oxygens (including phenoxy) is 1. The second-order valence-electron chi connectivity index (χ2n) is 14.9. The molecule has 3 aliphatic rings. The molecule has 52 heavy (non-hydrogen) atoms. The molecule has 3 aromatic carbocycles. The van der Waals surface area contributed by atoms with E-state index in [2.05, 4.69) is 36.9 Å². The van der Waals surface area contributed by atoms with Gasteiger partial charge in [0.1, 0.15) is 0 Å². The van der Waals surface area contributed by atoms with Gasteiger partial charge in [-0.05, 0) is 80.4 Å². The number of nitrogens with zero attached hydrogens (tertiary/aromatic N) is 4. The Balaban J connectivity index is 1.11. The van der Waals surface area contributed by atoms with Crippen LogP contribution in [0.15, 0.2) is 83.5 Å². The first-order valence-corrected chi connectivity index (χ1v) is 21.9. The third-order valence-electron chi connectivity index (χ3n) is 11.1. The molecule has 3 N–H and O–H groups in total. The number of aliphatic hydroxyl groups excluding tert-OH is 1. The summed E-state index contributed by atoms with van der Waals surface area (Å²) in [6, 6.07) is 23.1. The number of hydrogen-bond acceptors (Lipinski definition) is 7. The largest absolute Gasteiger partial charge is 0.395 e. The van der Waals surface area contributed by atoms with Gasteiger partial charge in [-0.15, -0.1) is 5.10 Å². The molecule has 13 heteroatoms. The number of fused-ring (bicyclic) bond motifs is 2. The van der Waals surface area contributed by atoms with Crippen LogP contribution in [0.25, 0.3) is 0 Å². The Morgan fingerprint density at radius 3 is 2.63 bits per heavy atom. The van der Waals surface area contributed by atoms with Crippen LogP contribution in [0.4, 0.5) is 15.5 Å². The molecule has 4 heterocycles. The van der Waals surface area contributed by atoms with E-state index in [9.17, 15) is 14.7 Å². The number of anilines is 2. The lowest BCUT2D eigenvalue weighted by Gasteiger charge is -2.31. The maximum Gasteiger partial charge on any atom is 0.264 e. The van der Waals surface area contributed by atoms with Gasteiger partial charge < -0.3 is 29.5 Å². The molecule has 0 aliphatic carbocycles. The maximum absolute atomic E-state index is 16.4. The fraction of sp³-hybridized carbons (Fsp3) is 0.436. The lowest BCUT2D eigenvalue weighted by molar-refractivity contribution is -0.146. The molecule has 1 spiro atoms. The molecule has 2 saturated heterocycles. The molecular formula is C39H46BrFN6O4Si. The smallest absolute Gasteiger partial charge is 0.264 e. The number of halogens is 2. The average Bonchev–Trinajstić information content (AvgIpc) is 3.79. The van der Waals surface area contributed by atoms with Crippen LogP contribution in [0, 0.1) is 11.8 Å². The quantitative estimate of drug-likeness (QED) is 0.117. The normalized spacial score (nSPS) is 25.0. The van der Waals surface area contributed by atoms with Crippen molar-refractivity contribution < 1.29 is 23.5 Å². The van der Waals surface area contributed by atoms with E-state index in [1.54, 1.807) is 22.7 Å². The number of benzene rings is 3. The van der Waals surface area contributed by atoms with Gasteiger partial charge in [-0.3, -0.25) is 14.3 Å². The van der Waals surface area contributed by atoms with Crippen molar-refractivity contribution in [1.29, 1.82) is 0 Å². The van der Waals surface area contributed by atoms with E-state index < -0.39 is 31.6 Å². The fourth-order valence-corrected chi connectivity index (χ4v) is 11.4. The minimum Gasteiger partial charge on any atom is -0.395 e. The van der Waals surface area contributed by atoms with Gasteiger partial charge in [-0.2, -0.15) is 0 Å². The van der Waals surface area contributed by atoms with Crippen molar-refractivity contribution in [3.63, 3.8) is 0 Å². The van der Waals surface area contributed by atoms with Crippen LogP contribution in [0.3, 0.4) is 0 Å². The highest BCUT2D eigenvalue weighted by Gasteiger charge is 2.66. The summed E-state index contributed by atoms with van der Waals surface area (Å²) in [4.78, 5) is 29.4. The Hall–Kier alpha value is -3.75. The number of carbonyl (C=O) groups is 2. The average molecular weight is 790 g/mol. The lowest BCUT2D eigenvalue weighted by atomic mass is 9.82. The van der Waals surface area contributed by atoms with Gasteiger partial charge >= 0.3 is 0 Å². The lowest BCUT2D eigenvalue weighted by Crippen LogP contribution is -2.45. The monoisotopic (exact) mass is 788 g/mol. The van der Waals surface area contributed by atoms with Gasteiger partial charge in [-0.25, -0.2) is 0 Å². The first-order chi connectivity index (χ1) is 25.0. The highest BCUT2D eigenvalue weighted by atomic mass is 79.9. The fourth-order valence-electron chi connectivity index (χ4n) is 8.54. The Bertz CT molecular complexity index is 1900. The molecule has 0 saturated carbocycles. The summed E-state index contributed by atoms with van der Waals surface area (Å²) in [7, 11) is -3.36. The highest BCUT2D eigenvalue weighted by Crippen LogP contribution is 2.60. The minimum atomic E-state index is -3.36. The third kappa shape index (κ3) is 7.01. The first kappa shape index (κ1) is 36.6. The zero-order chi connectivity index (χ0) is 36.6. The molecule has 274 valence electrons. The Kier molecular flexibility index (Phi) is 10.5. The summed E-state index contributed by atoms with van der Waals surface area (Å²) in [6.07, 6.45) is 3.59. The van der Waals surface area contributed by atoms with E-state index in [4.69, 9.17) is 4.74 Å². The number of aromatic nitrogens is 3. The number of aliphatic hydroxyl groups is 1. The van der Waals surface area contributed by atoms with E-state index in [1.165, 1.54) is 0 Å². The van der Waals surface area contributed by atoms with Gasteiger partial charge in [0.05, 0.1) is 42.5 Å². The predicted octanol–water partition coefficient (Wildman–Crippen LogP) is 6.52. The standard InChI is InChI=1S/C39H46BrFN6O4Si/c1-25-36(52(2,3)41)35(17-19-46-23-33(44-45-46)31(24-48)27-8-5-4-6-9-27)51-39(25)32-20-29(40)13-16-34(32)47(38(39)50)22-26-11-14-30(15-12-26)43-37(49)28-10-7-18-42-21-28/h4-6,8-9,11-16,20,23,25,28,31,35-36,42,48H,7,10,17-19,21-22,24H2,1-3H3,(H,43,49)/t25-,28?,31?,35+,36-,39+/m0/s1. The summed E-state index contributed by atoms with van der Waals surface area (Å²) in [6.45, 7) is 7.60. The van der Waals surface area contributed by atoms with Crippen molar-refractivity contribution in [3.05, 3.63) is 106 Å². The maximum atomic E-state index is 16.4. The molecule has 0 radical (unpaired) electrons. The van der Waals surface area contributed by atoms with Crippen LogP contribution in [-0.2, 0) is 33.0 Å². The minimum absolute atomic E-state index is 0.0118. The van der Waals surface area contributed by atoms with E-state index in [0.29, 0.717) is 37.4 Å². The van der Waals surface area contributed by atoms with Crippen molar-refractivity contribution in [2.45, 2.75) is 75.5 Å². The zero-order valence-electron chi connectivity index (χ0n) is 29.8. The summed E-state index contributed by atoms with van der Waals surface area (Å²) in [5.74, 6) is -0.967. The Morgan fingerprint density at radius 2 is 1.94 bits per heavy atom. The number of aryl methyl sites for hydroxylation is 1. The molecule has 3 aliphatic heterocycles. The highest BCUT2D eigenvalue weighted by molar-refractivity contribution is 9.10. The second-order valence-corrected chi connectivity index (χ2v) is 19.6. The molecule has 10 nitrogen and oxygen atoms in total. The van der Waals surface area contributed by atoms with Gasteiger partial charge in [0.15, 0.2) is 5.60 Å². The van der Waals surface area contributed by atoms with Crippen molar-refractivity contribution in [2.24, 2.45) is 11.8 Å². The van der Waals surface area contributed by atoms with Gasteiger partial charge in [0.2, 0.25) is 14.3 Å². The molecule has 7 rings (SSSR count). The summed E-state index contributed by atoms with van der Waals surface area (Å²) >= 11 is 3.62. The van der Waals surface area contributed by atoms with E-state index in [0.717, 1.165) is 46.2 Å². The molecule has 4 aromatic rings. The van der Waals surface area contributed by atoms with Crippen LogP contribution < -0.4 is 15.5 Å². The molecule has 1 aromatic heterocycles. The van der Waals surface area contributed by atoms with Gasteiger partial charge in [0, 0.05) is 46.5 Å². The predicted molar refractivity (Wildman–Crippen MR) is 204 cm³/mol. The number of hydrogen-bond donors (Lipinski definition) is 3. The summed E-state index contributed by atoms with van der Waals surface area (Å²) in [5, 5.41) is 25.2. The topological polar surface area (TPSA) is 122 Å². The van der Waals surface area contributed by atoms with Crippen molar-refractivity contribution in [3.8, 4) is 0 Å². The van der Waals surface area contributed by atoms with Crippen molar-refractivity contribution >= 4 is 47.5 Å². The van der Waals surface area contributed by atoms with Crippen LogP contribution in [0.5, 0.6) is 0 Å². The van der Waals surface area contributed by atoms with Crippen LogP contribution in [-0.4, -0.2) is 66.1 Å². The number of piperidine rings is 1. The SMILES string of the molecule is C[C@H]1[C@H]([Si](C)(C)F)[C@@H](CCn2cc(C(CO)c3ccccc3)nn2)O[C@]12C(=O)N(Cc1ccc(NC(=O)C3CCCNC3)cc1)c1ccc(Br)cc12. The van der Waals surface area contributed by atoms with E-state index in [-0.39, 0.29) is 30.3 Å². The molecule has 6 atom stereocenters. The van der Waals surface area contributed by atoms with Crippen LogP contribution >= 0.6 is 15.9 Å². The number of nitrogens with one attached hydrogen (secondary N) is 2. The van der Waals surface area contributed by atoms with Gasteiger partial charge in [0.25, 0.3) is 5.91 Å². The zero-order valence-corrected chi connectivity index (χ0v) is 32.4. The van der Waals surface area contributed by atoms with E-state index >= 15 is 4.11 Å². The summed E-state index contributed by atoms with van der Waals surface area (Å²) in [5.41, 5.74) is 2.89. The molecule has 2 fully saturated rings. The third-order valence-corrected chi connectivity index (χ3v) is 14.0. The molecule has 0 bridgehead atoms. The molecule has 2 unspecified atom stereocenters. The van der Waals surface area contributed by atoms with Crippen LogP contribution in [0.2, 0.25) is 18.6 Å². The molecular weight excluding hydrogens is 743 g/mol. The molecule has 2 amide bonds. The van der Waals surface area contributed by atoms with Crippen molar-refractivity contribution in [1.82, 2.24) is 20.3 Å².